The van der Waals surface area contributed by atoms with Crippen LogP contribution in [0, 0.1) is 11.3 Å². The maximum atomic E-state index is 9.10. The first-order valence-electron chi connectivity index (χ1n) is 5.45. The van der Waals surface area contributed by atoms with Gasteiger partial charge in [-0.15, -0.1) is 5.10 Å². The van der Waals surface area contributed by atoms with Gasteiger partial charge in [0.25, 0.3) is 0 Å². The zero-order chi connectivity index (χ0) is 13.2. The minimum Gasteiger partial charge on any atom is -0.463 e. The lowest BCUT2D eigenvalue weighted by Crippen LogP contribution is -1.99. The Morgan fingerprint density at radius 3 is 2.84 bits per heavy atom. The molecule has 0 N–H and O–H groups in total. The van der Waals surface area contributed by atoms with Crippen LogP contribution in [-0.2, 0) is 0 Å². The number of hydrogen-bond donors (Lipinski definition) is 0. The van der Waals surface area contributed by atoms with Crippen molar-refractivity contribution in [2.75, 3.05) is 0 Å². The van der Waals surface area contributed by atoms with E-state index in [-0.39, 0.29) is 5.69 Å². The van der Waals surface area contributed by atoms with E-state index in [1.807, 2.05) is 12.1 Å². The second-order valence-corrected chi connectivity index (χ2v) is 4.20. The Labute approximate surface area is 113 Å². The van der Waals surface area contributed by atoms with Crippen molar-refractivity contribution in [2.24, 2.45) is 0 Å². The number of nitriles is 1. The van der Waals surface area contributed by atoms with Gasteiger partial charge in [-0.05, 0) is 30.3 Å². The average molecular weight is 271 g/mol. The van der Waals surface area contributed by atoms with Crippen molar-refractivity contribution >= 4 is 11.6 Å². The van der Waals surface area contributed by atoms with Gasteiger partial charge in [-0.2, -0.15) is 5.26 Å². The molecule has 0 radical (unpaired) electrons. The summed E-state index contributed by atoms with van der Waals surface area (Å²) in [6.45, 7) is 0. The van der Waals surface area contributed by atoms with Gasteiger partial charge in [0.1, 0.15) is 11.8 Å². The molecule has 5 nitrogen and oxygen atoms in total. The zero-order valence-electron chi connectivity index (χ0n) is 9.62. The van der Waals surface area contributed by atoms with Crippen LogP contribution >= 0.6 is 11.6 Å². The van der Waals surface area contributed by atoms with Crippen LogP contribution in [0.3, 0.4) is 0 Å². The fraction of sp³-hybridized carbons (Fsp3) is 0. The van der Waals surface area contributed by atoms with E-state index in [2.05, 4.69) is 10.3 Å². The molecule has 0 unspecified atom stereocenters. The van der Waals surface area contributed by atoms with E-state index in [0.29, 0.717) is 22.2 Å². The number of hydrogen-bond acceptors (Lipinski definition) is 4. The van der Waals surface area contributed by atoms with E-state index in [9.17, 15) is 0 Å². The number of aromatic nitrogens is 3. The summed E-state index contributed by atoms with van der Waals surface area (Å²) in [7, 11) is 0. The summed E-state index contributed by atoms with van der Waals surface area (Å²) in [5, 5.41) is 17.5. The van der Waals surface area contributed by atoms with Crippen molar-refractivity contribution < 1.29 is 4.42 Å². The second kappa shape index (κ2) is 4.59. The van der Waals surface area contributed by atoms with Crippen molar-refractivity contribution in [1.29, 1.82) is 5.26 Å². The molecule has 0 bridgehead atoms. The summed E-state index contributed by atoms with van der Waals surface area (Å²) in [4.78, 5) is 0. The molecule has 92 valence electrons. The van der Waals surface area contributed by atoms with Gasteiger partial charge in [0.2, 0.25) is 0 Å². The predicted octanol–water partition coefficient (Wildman–Crippen LogP) is 3.05. The standard InChI is InChI=1S/C13H7ClN4O/c14-9-3-1-4-10(7-9)18-13(11(8-15)16-17-18)12-5-2-6-19-12/h1-7H. The van der Waals surface area contributed by atoms with Gasteiger partial charge in [-0.3, -0.25) is 0 Å². The lowest BCUT2D eigenvalue weighted by Gasteiger charge is -2.04. The largest absolute Gasteiger partial charge is 0.463 e. The van der Waals surface area contributed by atoms with Crippen LogP contribution in [0.5, 0.6) is 0 Å². The van der Waals surface area contributed by atoms with Crippen molar-refractivity contribution in [2.45, 2.75) is 0 Å². The first-order chi connectivity index (χ1) is 9.29. The molecular formula is C13H7ClN4O. The fourth-order valence-corrected chi connectivity index (χ4v) is 1.96. The predicted molar refractivity (Wildman–Crippen MR) is 68.8 cm³/mol. The molecule has 2 heterocycles. The van der Waals surface area contributed by atoms with E-state index in [4.69, 9.17) is 21.3 Å². The van der Waals surface area contributed by atoms with Gasteiger partial charge in [-0.1, -0.05) is 22.9 Å². The lowest BCUT2D eigenvalue weighted by molar-refractivity contribution is 0.576. The third kappa shape index (κ3) is 1.98. The van der Waals surface area contributed by atoms with Crippen LogP contribution in [0.15, 0.2) is 47.1 Å². The molecule has 19 heavy (non-hydrogen) atoms. The van der Waals surface area contributed by atoms with Crippen molar-refractivity contribution in [3.8, 4) is 23.2 Å². The summed E-state index contributed by atoms with van der Waals surface area (Å²) in [6, 6.07) is 12.6. The first-order valence-corrected chi connectivity index (χ1v) is 5.83. The van der Waals surface area contributed by atoms with Crippen LogP contribution in [0.4, 0.5) is 0 Å². The van der Waals surface area contributed by atoms with Crippen molar-refractivity contribution in [3.63, 3.8) is 0 Å². The van der Waals surface area contributed by atoms with E-state index in [1.165, 1.54) is 10.9 Å². The Morgan fingerprint density at radius 1 is 1.26 bits per heavy atom. The third-order valence-corrected chi connectivity index (χ3v) is 2.82. The van der Waals surface area contributed by atoms with Gasteiger partial charge in [0.05, 0.1) is 12.0 Å². The van der Waals surface area contributed by atoms with Gasteiger partial charge >= 0.3 is 0 Å². The molecular weight excluding hydrogens is 264 g/mol. The van der Waals surface area contributed by atoms with Crippen LogP contribution in [0.2, 0.25) is 5.02 Å². The molecule has 0 atom stereocenters. The summed E-state index contributed by atoms with van der Waals surface area (Å²) in [5.74, 6) is 0.529. The van der Waals surface area contributed by atoms with Crippen LogP contribution < -0.4 is 0 Å². The van der Waals surface area contributed by atoms with Gasteiger partial charge in [-0.25, -0.2) is 4.68 Å². The third-order valence-electron chi connectivity index (χ3n) is 2.58. The first kappa shape index (κ1) is 11.5. The second-order valence-electron chi connectivity index (χ2n) is 3.77. The molecule has 3 aromatic rings. The SMILES string of the molecule is N#Cc1nnn(-c2cccc(Cl)c2)c1-c1ccco1. The number of benzene rings is 1. The minimum absolute atomic E-state index is 0.204. The highest BCUT2D eigenvalue weighted by Crippen LogP contribution is 2.26. The molecule has 0 aliphatic rings. The van der Waals surface area contributed by atoms with E-state index < -0.39 is 0 Å². The van der Waals surface area contributed by atoms with E-state index in [0.717, 1.165) is 0 Å². The molecule has 2 aromatic heterocycles. The van der Waals surface area contributed by atoms with E-state index >= 15 is 0 Å². The highest BCUT2D eigenvalue weighted by molar-refractivity contribution is 6.30. The molecule has 1 aromatic carbocycles. The Hall–Kier alpha value is -2.58. The maximum Gasteiger partial charge on any atom is 0.194 e. The Kier molecular flexibility index (Phi) is 2.78. The lowest BCUT2D eigenvalue weighted by atomic mass is 10.2. The molecule has 0 saturated carbocycles. The molecule has 0 spiro atoms. The summed E-state index contributed by atoms with van der Waals surface area (Å²) in [5.41, 5.74) is 1.43. The average Bonchev–Trinajstić information content (AvgIpc) is 3.07. The Morgan fingerprint density at radius 2 is 2.16 bits per heavy atom. The van der Waals surface area contributed by atoms with Crippen molar-refractivity contribution in [1.82, 2.24) is 15.0 Å². The molecule has 0 aliphatic carbocycles. The topological polar surface area (TPSA) is 67.6 Å². The van der Waals surface area contributed by atoms with Crippen LogP contribution in [0.1, 0.15) is 5.69 Å². The summed E-state index contributed by atoms with van der Waals surface area (Å²) >= 11 is 5.96. The maximum absolute atomic E-state index is 9.10. The highest BCUT2D eigenvalue weighted by atomic mass is 35.5. The van der Waals surface area contributed by atoms with Gasteiger partial charge in [0.15, 0.2) is 11.5 Å². The molecule has 0 saturated heterocycles. The smallest absolute Gasteiger partial charge is 0.194 e. The zero-order valence-corrected chi connectivity index (χ0v) is 10.4. The highest BCUT2D eigenvalue weighted by Gasteiger charge is 2.18. The Balaban J connectivity index is 2.24. The molecule has 3 rings (SSSR count). The quantitative estimate of drug-likeness (QED) is 0.718. The molecule has 0 amide bonds. The van der Waals surface area contributed by atoms with Crippen molar-refractivity contribution in [3.05, 3.63) is 53.4 Å². The number of halogens is 1. The van der Waals surface area contributed by atoms with Gasteiger partial charge < -0.3 is 4.42 Å². The molecule has 0 fully saturated rings. The van der Waals surface area contributed by atoms with Crippen LogP contribution in [-0.4, -0.2) is 15.0 Å². The van der Waals surface area contributed by atoms with E-state index in [1.54, 1.807) is 30.3 Å². The van der Waals surface area contributed by atoms with Crippen LogP contribution in [0.25, 0.3) is 17.1 Å². The molecule has 6 heteroatoms. The minimum atomic E-state index is 0.204. The number of furan rings is 1. The van der Waals surface area contributed by atoms with Gasteiger partial charge in [0, 0.05) is 5.02 Å². The monoisotopic (exact) mass is 270 g/mol. The molecule has 0 aliphatic heterocycles. The number of rotatable bonds is 2. The number of nitrogens with zero attached hydrogens (tertiary/aromatic N) is 4. The normalized spacial score (nSPS) is 10.3. The fourth-order valence-electron chi connectivity index (χ4n) is 1.78. The Bertz CT molecular complexity index is 755. The summed E-state index contributed by atoms with van der Waals surface area (Å²) < 4.78 is 6.86. The summed E-state index contributed by atoms with van der Waals surface area (Å²) in [6.07, 6.45) is 1.53.